The van der Waals surface area contributed by atoms with Gasteiger partial charge < -0.3 is 15.2 Å². The summed E-state index contributed by atoms with van der Waals surface area (Å²) >= 11 is 0. The van der Waals surface area contributed by atoms with E-state index in [2.05, 4.69) is 116 Å². The van der Waals surface area contributed by atoms with Gasteiger partial charge in [0.15, 0.2) is 0 Å². The number of nitrogens with one attached hydrogen (secondary N) is 1. The van der Waals surface area contributed by atoms with Crippen molar-refractivity contribution in [3.8, 4) is 0 Å². The highest BCUT2D eigenvalue weighted by Crippen LogP contribution is 2.13. The van der Waals surface area contributed by atoms with Crippen molar-refractivity contribution in [2.45, 2.75) is 142 Å². The number of rotatable bonds is 32. The largest absolute Gasteiger partial charge is 0.480 e. The minimum atomic E-state index is -1.05. The first-order chi connectivity index (χ1) is 24.5. The third-order valence-electron chi connectivity index (χ3n) is 7.42. The summed E-state index contributed by atoms with van der Waals surface area (Å²) in [5.74, 6) is -1.47. The van der Waals surface area contributed by atoms with Crippen molar-refractivity contribution >= 4 is 17.8 Å². The van der Waals surface area contributed by atoms with E-state index in [1.54, 1.807) is 0 Å². The van der Waals surface area contributed by atoms with Gasteiger partial charge in [0.2, 0.25) is 5.91 Å². The molecule has 0 aromatic rings. The molecule has 1 atom stereocenters. The van der Waals surface area contributed by atoms with Crippen LogP contribution >= 0.6 is 0 Å². The number of carboxylic acid groups (broad SMARTS) is 1. The molecule has 6 nitrogen and oxygen atoms in total. The van der Waals surface area contributed by atoms with Crippen LogP contribution in [0.1, 0.15) is 136 Å². The summed E-state index contributed by atoms with van der Waals surface area (Å²) in [5, 5.41) is 11.1. The lowest BCUT2D eigenvalue weighted by atomic mass is 10.1. The summed E-state index contributed by atoms with van der Waals surface area (Å²) in [6.07, 6.45) is 55.0. The molecule has 0 aliphatic heterocycles. The van der Waals surface area contributed by atoms with Crippen LogP contribution in [0.4, 0.5) is 0 Å². The highest BCUT2D eigenvalue weighted by atomic mass is 16.5. The number of ether oxygens (including phenoxy) is 1. The van der Waals surface area contributed by atoms with Gasteiger partial charge in [-0.2, -0.15) is 0 Å². The molecule has 0 fully saturated rings. The van der Waals surface area contributed by atoms with E-state index in [-0.39, 0.29) is 24.5 Å². The van der Waals surface area contributed by atoms with Crippen LogP contribution in [-0.2, 0) is 19.1 Å². The summed E-state index contributed by atoms with van der Waals surface area (Å²) in [4.78, 5) is 35.0. The van der Waals surface area contributed by atoms with Crippen LogP contribution in [0.5, 0.6) is 0 Å². The quantitative estimate of drug-likeness (QED) is 0.0416. The average molecular weight is 690 g/mol. The summed E-state index contributed by atoms with van der Waals surface area (Å²) in [5.41, 5.74) is 0. The van der Waals surface area contributed by atoms with Crippen molar-refractivity contribution in [1.29, 1.82) is 0 Å². The second-order valence-corrected chi connectivity index (χ2v) is 12.1. The minimum absolute atomic E-state index is 0.166. The van der Waals surface area contributed by atoms with Crippen LogP contribution in [-0.4, -0.2) is 35.6 Å². The molecule has 50 heavy (non-hydrogen) atoms. The van der Waals surface area contributed by atoms with Crippen LogP contribution < -0.4 is 5.32 Å². The summed E-state index contributed by atoms with van der Waals surface area (Å²) < 4.78 is 5.83. The van der Waals surface area contributed by atoms with E-state index in [0.717, 1.165) is 96.3 Å². The van der Waals surface area contributed by atoms with Crippen molar-refractivity contribution in [2.24, 2.45) is 0 Å². The highest BCUT2D eigenvalue weighted by Gasteiger charge is 2.12. The Morgan fingerprint density at radius 2 is 0.980 bits per heavy atom. The zero-order valence-electron chi connectivity index (χ0n) is 31.2. The zero-order chi connectivity index (χ0) is 36.6. The van der Waals surface area contributed by atoms with Gasteiger partial charge in [-0.15, -0.1) is 0 Å². The third-order valence-corrected chi connectivity index (χ3v) is 7.42. The summed E-state index contributed by atoms with van der Waals surface area (Å²) in [6, 6.07) is 0. The third kappa shape index (κ3) is 36.9. The molecule has 278 valence electrons. The first-order valence-electron chi connectivity index (χ1n) is 19.0. The Bertz CT molecular complexity index is 1120. The average Bonchev–Trinajstić information content (AvgIpc) is 3.10. The molecule has 0 bridgehead atoms. The number of carbonyl (C=O) groups is 3. The first kappa shape index (κ1) is 46.1. The number of aliphatic carboxylic acids is 1. The maximum Gasteiger partial charge on any atom is 0.322 e. The molecule has 1 amide bonds. The van der Waals surface area contributed by atoms with E-state index in [4.69, 9.17) is 9.84 Å². The van der Waals surface area contributed by atoms with Gasteiger partial charge >= 0.3 is 11.9 Å². The van der Waals surface area contributed by atoms with Gasteiger partial charge in [0.1, 0.15) is 12.6 Å². The molecule has 0 radical (unpaired) electrons. The molecule has 0 saturated heterocycles. The molecule has 0 rings (SSSR count). The molecule has 0 spiro atoms. The van der Waals surface area contributed by atoms with Crippen molar-refractivity contribution < 1.29 is 24.2 Å². The van der Waals surface area contributed by atoms with E-state index in [0.29, 0.717) is 25.7 Å². The molecular formula is C44H67NO5. The van der Waals surface area contributed by atoms with Gasteiger partial charge in [0.25, 0.3) is 0 Å². The zero-order valence-corrected chi connectivity index (χ0v) is 31.2. The first-order valence-corrected chi connectivity index (χ1v) is 19.0. The molecule has 0 saturated carbocycles. The normalized spacial score (nSPS) is 13.3. The van der Waals surface area contributed by atoms with Gasteiger partial charge in [-0.25, -0.2) is 0 Å². The molecule has 0 aromatic heterocycles. The smallest absolute Gasteiger partial charge is 0.322 e. The minimum Gasteiger partial charge on any atom is -0.480 e. The number of esters is 1. The SMILES string of the molecule is CC/C=C\C/C=C\C/C=C\C/C=C\C/C=C\CCCCCC(=O)OC(/C=C\C/C=C\C/C=C\C/C=C\CC)CCCCCC(=O)NCC(=O)O. The second-order valence-electron chi connectivity index (χ2n) is 12.1. The fourth-order valence-corrected chi connectivity index (χ4v) is 4.68. The molecule has 0 aromatic carbocycles. The lowest BCUT2D eigenvalue weighted by Crippen LogP contribution is -2.28. The number of hydrogen-bond acceptors (Lipinski definition) is 4. The van der Waals surface area contributed by atoms with Crippen molar-refractivity contribution in [1.82, 2.24) is 5.32 Å². The Morgan fingerprint density at radius 3 is 1.48 bits per heavy atom. The number of amides is 1. The summed E-state index contributed by atoms with van der Waals surface area (Å²) in [6.45, 7) is 3.93. The number of unbranched alkanes of at least 4 members (excludes halogenated alkanes) is 5. The Hall–Kier alpha value is -3.93. The fourth-order valence-electron chi connectivity index (χ4n) is 4.68. The molecular weight excluding hydrogens is 622 g/mol. The van der Waals surface area contributed by atoms with Crippen LogP contribution in [0, 0.1) is 0 Å². The Balaban J connectivity index is 4.37. The molecule has 0 aliphatic rings. The fraction of sp³-hybridized carbons (Fsp3) is 0.523. The molecule has 0 heterocycles. The van der Waals surface area contributed by atoms with Crippen LogP contribution in [0.15, 0.2) is 109 Å². The molecule has 6 heteroatoms. The summed E-state index contributed by atoms with van der Waals surface area (Å²) in [7, 11) is 0. The maximum absolute atomic E-state index is 12.6. The van der Waals surface area contributed by atoms with Crippen LogP contribution in [0.2, 0.25) is 0 Å². The lowest BCUT2D eigenvalue weighted by molar-refractivity contribution is -0.147. The Kier molecular flexibility index (Phi) is 34.9. The Morgan fingerprint density at radius 1 is 0.540 bits per heavy atom. The van der Waals surface area contributed by atoms with E-state index >= 15 is 0 Å². The Labute approximate surface area is 304 Å². The number of allylic oxidation sites excluding steroid dienone is 17. The molecule has 2 N–H and O–H groups in total. The monoisotopic (exact) mass is 690 g/mol. The van der Waals surface area contributed by atoms with E-state index in [1.165, 1.54) is 0 Å². The predicted octanol–water partition coefficient (Wildman–Crippen LogP) is 11.6. The van der Waals surface area contributed by atoms with Crippen molar-refractivity contribution in [3.05, 3.63) is 109 Å². The van der Waals surface area contributed by atoms with Gasteiger partial charge in [0.05, 0.1) is 0 Å². The van der Waals surface area contributed by atoms with Crippen LogP contribution in [0.25, 0.3) is 0 Å². The van der Waals surface area contributed by atoms with E-state index < -0.39 is 5.97 Å². The second kappa shape index (κ2) is 37.9. The van der Waals surface area contributed by atoms with Crippen LogP contribution in [0.3, 0.4) is 0 Å². The molecule has 1 unspecified atom stereocenters. The van der Waals surface area contributed by atoms with Gasteiger partial charge in [0, 0.05) is 12.8 Å². The number of carbonyl (C=O) groups excluding carboxylic acids is 2. The number of carboxylic acids is 1. The van der Waals surface area contributed by atoms with Gasteiger partial charge in [-0.05, 0) is 102 Å². The van der Waals surface area contributed by atoms with Crippen molar-refractivity contribution in [3.63, 3.8) is 0 Å². The maximum atomic E-state index is 12.6. The number of hydrogen-bond donors (Lipinski definition) is 2. The lowest BCUT2D eigenvalue weighted by Gasteiger charge is -2.14. The topological polar surface area (TPSA) is 92.7 Å². The van der Waals surface area contributed by atoms with Gasteiger partial charge in [-0.1, -0.05) is 130 Å². The standard InChI is InChI=1S/C44H67NO5/c1-3-5-7-9-11-13-15-16-17-18-19-20-21-22-24-26-28-30-35-39-44(49)50-41(37-33-31-34-38-42(46)45-40-43(47)48)36-32-29-27-25-23-14-12-10-8-6-4-2/h5-8,11-14,16-17,19-20,22,24-25,27,32,36,41H,3-4,9-10,15,18,21,23,26,28-31,33-35,37-40H2,1-2H3,(H,45,46)(H,47,48)/b7-5-,8-6-,13-11-,14-12-,17-16-,20-19-,24-22-,27-25-,36-32-. The highest BCUT2D eigenvalue weighted by molar-refractivity contribution is 5.80. The van der Waals surface area contributed by atoms with Gasteiger partial charge in [-0.3, -0.25) is 14.4 Å². The predicted molar refractivity (Wildman–Crippen MR) is 212 cm³/mol. The molecule has 0 aliphatic carbocycles. The van der Waals surface area contributed by atoms with E-state index in [9.17, 15) is 14.4 Å². The van der Waals surface area contributed by atoms with E-state index in [1.807, 2.05) is 12.2 Å². The van der Waals surface area contributed by atoms with Crippen molar-refractivity contribution in [2.75, 3.05) is 6.54 Å².